The molecule has 24 heavy (non-hydrogen) atoms. The molecule has 0 aliphatic heterocycles. The molecule has 1 atom stereocenters. The second-order valence-electron chi connectivity index (χ2n) is 5.82. The quantitative estimate of drug-likeness (QED) is 0.424. The number of fused-ring (bicyclic) bond motifs is 1. The molecule has 0 amide bonds. The highest BCUT2D eigenvalue weighted by molar-refractivity contribution is 14.0. The predicted molar refractivity (Wildman–Crippen MR) is 110 cm³/mol. The van der Waals surface area contributed by atoms with Crippen molar-refractivity contribution >= 4 is 35.6 Å². The normalized spacial score (nSPS) is 14.6. The summed E-state index contributed by atoms with van der Waals surface area (Å²) < 4.78 is 5.51. The Kier molecular flexibility index (Phi) is 7.05. The summed E-state index contributed by atoms with van der Waals surface area (Å²) in [5.41, 5.74) is 11.0. The van der Waals surface area contributed by atoms with Gasteiger partial charge in [0, 0.05) is 12.8 Å². The summed E-state index contributed by atoms with van der Waals surface area (Å²) in [5, 5.41) is 3.17. The highest BCUT2D eigenvalue weighted by Gasteiger charge is 2.12. The van der Waals surface area contributed by atoms with Crippen molar-refractivity contribution in [2.75, 3.05) is 19.0 Å². The van der Waals surface area contributed by atoms with Gasteiger partial charge in [-0.2, -0.15) is 0 Å². The summed E-state index contributed by atoms with van der Waals surface area (Å²) in [5.74, 6) is 0.418. The molecule has 0 saturated carbocycles. The van der Waals surface area contributed by atoms with Crippen molar-refractivity contribution in [2.45, 2.75) is 25.4 Å². The molecule has 4 nitrogen and oxygen atoms in total. The summed E-state index contributed by atoms with van der Waals surface area (Å²) in [6.45, 7) is 0.490. The molecule has 0 aromatic heterocycles. The number of halogens is 1. The van der Waals surface area contributed by atoms with Crippen LogP contribution in [0.25, 0.3) is 0 Å². The Hall–Kier alpha value is -1.60. The summed E-state index contributed by atoms with van der Waals surface area (Å²) in [4.78, 5) is 4.42. The molecule has 0 fully saturated rings. The summed E-state index contributed by atoms with van der Waals surface area (Å²) in [7, 11) is 1.69. The molecule has 0 heterocycles. The maximum absolute atomic E-state index is 6.02. The second-order valence-corrected chi connectivity index (χ2v) is 5.82. The van der Waals surface area contributed by atoms with Crippen molar-refractivity contribution in [3.63, 3.8) is 0 Å². The molecule has 0 radical (unpaired) electrons. The molecule has 1 aliphatic rings. The average Bonchev–Trinajstić information content (AvgIpc) is 3.04. The van der Waals surface area contributed by atoms with Crippen LogP contribution in [0.1, 0.15) is 29.2 Å². The van der Waals surface area contributed by atoms with E-state index in [1.165, 1.54) is 24.0 Å². The van der Waals surface area contributed by atoms with Crippen molar-refractivity contribution < 1.29 is 4.74 Å². The zero-order valence-corrected chi connectivity index (χ0v) is 16.2. The second kappa shape index (κ2) is 9.03. The number of nitrogens with two attached hydrogens (primary N) is 1. The zero-order valence-electron chi connectivity index (χ0n) is 13.9. The first kappa shape index (κ1) is 18.7. The minimum atomic E-state index is -0.0865. The van der Waals surface area contributed by atoms with Crippen LogP contribution in [0.5, 0.6) is 0 Å². The van der Waals surface area contributed by atoms with Gasteiger partial charge in [0.15, 0.2) is 5.96 Å². The van der Waals surface area contributed by atoms with Crippen LogP contribution >= 0.6 is 24.0 Å². The Morgan fingerprint density at radius 1 is 1.17 bits per heavy atom. The largest absolute Gasteiger partial charge is 0.375 e. The zero-order chi connectivity index (χ0) is 16.1. The fraction of sp³-hybridized carbons (Fsp3) is 0.316. The van der Waals surface area contributed by atoms with Gasteiger partial charge in [0.1, 0.15) is 6.10 Å². The van der Waals surface area contributed by atoms with Crippen molar-refractivity contribution in [2.24, 2.45) is 10.7 Å². The number of guanidine groups is 1. The number of nitrogens with zero attached hydrogens (tertiary/aromatic N) is 1. The summed E-state index contributed by atoms with van der Waals surface area (Å²) in [6.07, 6.45) is 3.50. The minimum absolute atomic E-state index is 0. The molecule has 2 aromatic carbocycles. The van der Waals surface area contributed by atoms with E-state index in [9.17, 15) is 0 Å². The Labute approximate surface area is 160 Å². The van der Waals surface area contributed by atoms with Crippen molar-refractivity contribution in [1.82, 2.24) is 0 Å². The van der Waals surface area contributed by atoms with Crippen LogP contribution in [0.2, 0.25) is 0 Å². The van der Waals surface area contributed by atoms with Gasteiger partial charge in [0.05, 0.1) is 6.54 Å². The van der Waals surface area contributed by atoms with Gasteiger partial charge in [0.25, 0.3) is 0 Å². The Morgan fingerprint density at radius 2 is 1.92 bits per heavy atom. The third-order valence-electron chi connectivity index (χ3n) is 4.25. The minimum Gasteiger partial charge on any atom is -0.375 e. The van der Waals surface area contributed by atoms with E-state index >= 15 is 0 Å². The molecule has 1 unspecified atom stereocenters. The van der Waals surface area contributed by atoms with Crippen molar-refractivity contribution in [3.8, 4) is 0 Å². The standard InChI is InChI=1S/C19H23N3O.HI/c1-23-18(15-6-3-2-4-7-15)13-21-19(20)22-17-11-10-14-8-5-9-16(14)12-17;/h2-4,6-7,10-12,18H,5,8-9,13H2,1H3,(H3,20,21,22);1H. The SMILES string of the molecule is COC(CN=C(N)Nc1ccc2c(c1)CCC2)c1ccccc1.I. The predicted octanol–water partition coefficient (Wildman–Crippen LogP) is 3.91. The van der Waals surface area contributed by atoms with Crippen molar-refractivity contribution in [3.05, 3.63) is 65.2 Å². The molecular weight excluding hydrogens is 413 g/mol. The van der Waals surface area contributed by atoms with Crippen LogP contribution in [-0.2, 0) is 17.6 Å². The molecule has 3 N–H and O–H groups in total. The molecule has 128 valence electrons. The average molecular weight is 437 g/mol. The van der Waals surface area contributed by atoms with E-state index < -0.39 is 0 Å². The lowest BCUT2D eigenvalue weighted by Crippen LogP contribution is -2.24. The van der Waals surface area contributed by atoms with Gasteiger partial charge in [-0.05, 0) is 48.1 Å². The third-order valence-corrected chi connectivity index (χ3v) is 4.25. The molecule has 5 heteroatoms. The molecule has 0 spiro atoms. The maximum Gasteiger partial charge on any atom is 0.193 e. The van der Waals surface area contributed by atoms with Gasteiger partial charge in [0.2, 0.25) is 0 Å². The third kappa shape index (κ3) is 4.70. The first-order chi connectivity index (χ1) is 11.3. The smallest absolute Gasteiger partial charge is 0.193 e. The van der Waals surface area contributed by atoms with Crippen LogP contribution in [0.4, 0.5) is 5.69 Å². The summed E-state index contributed by atoms with van der Waals surface area (Å²) in [6, 6.07) is 16.5. The van der Waals surface area contributed by atoms with Gasteiger partial charge in [-0.1, -0.05) is 36.4 Å². The lowest BCUT2D eigenvalue weighted by atomic mass is 10.1. The van der Waals surface area contributed by atoms with Gasteiger partial charge in [-0.3, -0.25) is 4.99 Å². The molecule has 0 saturated heterocycles. The Bertz CT molecular complexity index is 688. The van der Waals surface area contributed by atoms with E-state index in [0.29, 0.717) is 12.5 Å². The van der Waals surface area contributed by atoms with E-state index in [1.54, 1.807) is 7.11 Å². The number of benzene rings is 2. The van der Waals surface area contributed by atoms with Gasteiger partial charge in [-0.15, -0.1) is 24.0 Å². The fourth-order valence-electron chi connectivity index (χ4n) is 3.00. The first-order valence-electron chi connectivity index (χ1n) is 8.03. The number of aliphatic imine (C=N–C) groups is 1. The number of anilines is 1. The lowest BCUT2D eigenvalue weighted by molar-refractivity contribution is 0.111. The van der Waals surface area contributed by atoms with E-state index in [1.807, 2.05) is 30.3 Å². The molecule has 1 aliphatic carbocycles. The highest BCUT2D eigenvalue weighted by Crippen LogP contribution is 2.24. The first-order valence-corrected chi connectivity index (χ1v) is 8.03. The number of hydrogen-bond acceptors (Lipinski definition) is 2. The Morgan fingerprint density at radius 3 is 2.67 bits per heavy atom. The van der Waals surface area contributed by atoms with Crippen molar-refractivity contribution in [1.29, 1.82) is 0 Å². The fourth-order valence-corrected chi connectivity index (χ4v) is 3.00. The highest BCUT2D eigenvalue weighted by atomic mass is 127. The van der Waals surface area contributed by atoms with Gasteiger partial charge in [-0.25, -0.2) is 0 Å². The van der Waals surface area contributed by atoms with E-state index in [4.69, 9.17) is 10.5 Å². The van der Waals surface area contributed by atoms with E-state index in [-0.39, 0.29) is 30.1 Å². The monoisotopic (exact) mass is 437 g/mol. The van der Waals surface area contributed by atoms with Crippen LogP contribution in [0, 0.1) is 0 Å². The van der Waals surface area contributed by atoms with Crippen LogP contribution in [0.3, 0.4) is 0 Å². The van der Waals surface area contributed by atoms with Crippen LogP contribution in [-0.4, -0.2) is 19.6 Å². The molecule has 2 aromatic rings. The number of methoxy groups -OCH3 is 1. The number of aryl methyl sites for hydroxylation is 2. The molecular formula is C19H24IN3O. The van der Waals surface area contributed by atoms with Crippen LogP contribution < -0.4 is 11.1 Å². The number of nitrogens with one attached hydrogen (secondary N) is 1. The van der Waals surface area contributed by atoms with Gasteiger partial charge >= 0.3 is 0 Å². The summed E-state index contributed by atoms with van der Waals surface area (Å²) >= 11 is 0. The number of hydrogen-bond donors (Lipinski definition) is 2. The molecule has 3 rings (SSSR count). The van der Waals surface area contributed by atoms with E-state index in [0.717, 1.165) is 17.7 Å². The number of rotatable bonds is 5. The Balaban J connectivity index is 0.00000208. The van der Waals surface area contributed by atoms with E-state index in [2.05, 4.69) is 28.5 Å². The van der Waals surface area contributed by atoms with Gasteiger partial charge < -0.3 is 15.8 Å². The molecule has 0 bridgehead atoms. The number of ether oxygens (including phenoxy) is 1. The lowest BCUT2D eigenvalue weighted by Gasteiger charge is -2.14. The maximum atomic E-state index is 6.02. The van der Waals surface area contributed by atoms with Crippen LogP contribution in [0.15, 0.2) is 53.5 Å². The topological polar surface area (TPSA) is 59.6 Å².